The number of benzene rings is 3. The van der Waals surface area contributed by atoms with E-state index in [0.29, 0.717) is 22.2 Å². The Morgan fingerprint density at radius 2 is 1.61 bits per heavy atom. The van der Waals surface area contributed by atoms with Crippen molar-refractivity contribution in [2.75, 3.05) is 17.7 Å². The van der Waals surface area contributed by atoms with Crippen molar-refractivity contribution in [2.24, 2.45) is 0 Å². The molecule has 41 heavy (non-hydrogen) atoms. The van der Waals surface area contributed by atoms with Gasteiger partial charge in [0.15, 0.2) is 5.11 Å². The van der Waals surface area contributed by atoms with E-state index in [2.05, 4.69) is 10.6 Å². The Balaban J connectivity index is 1.33. The molecule has 0 spiro atoms. The van der Waals surface area contributed by atoms with Crippen molar-refractivity contribution in [3.8, 4) is 22.6 Å². The molecule has 0 aliphatic heterocycles. The molecular weight excluding hydrogens is 553 g/mol. The minimum atomic E-state index is -0.419. The highest BCUT2D eigenvalue weighted by Gasteiger charge is 2.25. The number of anilines is 2. The fourth-order valence-electron chi connectivity index (χ4n) is 4.67. The number of nitrogens with one attached hydrogen (secondary N) is 2. The van der Waals surface area contributed by atoms with Gasteiger partial charge < -0.3 is 20.1 Å². The molecule has 0 amide bonds. The molecule has 7 nitrogen and oxygen atoms in total. The molecule has 2 aromatic heterocycles. The SMILES string of the molecule is COC(=O)c1c(NC(=S)Nc2c(C)nn(Cc3cccc(Oc4ccccc4)c3)c2C)sc(C)c1-c1ccccc1. The number of carbonyl (C=O) groups excluding carboxylic acids is 1. The lowest BCUT2D eigenvalue weighted by Crippen LogP contribution is -2.21. The first-order valence-electron chi connectivity index (χ1n) is 13.0. The molecule has 2 heterocycles. The van der Waals surface area contributed by atoms with Gasteiger partial charge in [0.05, 0.1) is 30.7 Å². The third kappa shape index (κ3) is 6.32. The van der Waals surface area contributed by atoms with E-state index >= 15 is 0 Å². The van der Waals surface area contributed by atoms with Crippen LogP contribution in [0.4, 0.5) is 10.7 Å². The van der Waals surface area contributed by atoms with Crippen LogP contribution in [0, 0.1) is 20.8 Å². The van der Waals surface area contributed by atoms with Crippen molar-refractivity contribution in [1.29, 1.82) is 0 Å². The van der Waals surface area contributed by atoms with Crippen LogP contribution in [0.2, 0.25) is 0 Å². The molecule has 0 fully saturated rings. The molecule has 5 rings (SSSR count). The summed E-state index contributed by atoms with van der Waals surface area (Å²) in [6.45, 7) is 6.49. The van der Waals surface area contributed by atoms with Gasteiger partial charge in [0.1, 0.15) is 22.1 Å². The number of hydrogen-bond donors (Lipinski definition) is 2. The summed E-state index contributed by atoms with van der Waals surface area (Å²) in [5, 5.41) is 12.3. The largest absolute Gasteiger partial charge is 0.465 e. The van der Waals surface area contributed by atoms with Gasteiger partial charge in [0, 0.05) is 10.4 Å². The molecule has 9 heteroatoms. The van der Waals surface area contributed by atoms with E-state index in [-0.39, 0.29) is 0 Å². The summed E-state index contributed by atoms with van der Waals surface area (Å²) in [5.74, 6) is 1.13. The molecule has 0 radical (unpaired) electrons. The van der Waals surface area contributed by atoms with Crippen LogP contribution < -0.4 is 15.4 Å². The van der Waals surface area contributed by atoms with Crippen LogP contribution in [0.15, 0.2) is 84.9 Å². The molecule has 3 aromatic carbocycles. The van der Waals surface area contributed by atoms with Crippen molar-refractivity contribution in [3.63, 3.8) is 0 Å². The van der Waals surface area contributed by atoms with Crippen molar-refractivity contribution < 1.29 is 14.3 Å². The Labute approximate surface area is 248 Å². The van der Waals surface area contributed by atoms with Crippen molar-refractivity contribution in [3.05, 3.63) is 112 Å². The van der Waals surface area contributed by atoms with Gasteiger partial charge in [-0.1, -0.05) is 60.7 Å². The maximum absolute atomic E-state index is 12.9. The standard InChI is InChI=1S/C32H30N4O3S2/c1-20-29(21(2)36(35-20)19-23-12-11-17-26(18-23)39-25-15-9-6-10-16-25)33-32(40)34-30-28(31(37)38-4)27(22(3)41-30)24-13-7-5-8-14-24/h5-18H,19H2,1-4H3,(H2,33,34,40). The van der Waals surface area contributed by atoms with Crippen LogP contribution >= 0.6 is 23.6 Å². The summed E-state index contributed by atoms with van der Waals surface area (Å²) < 4.78 is 13.1. The van der Waals surface area contributed by atoms with Gasteiger partial charge in [-0.25, -0.2) is 4.79 Å². The van der Waals surface area contributed by atoms with Gasteiger partial charge in [-0.15, -0.1) is 11.3 Å². The number of nitrogens with zero attached hydrogens (tertiary/aromatic N) is 2. The third-order valence-electron chi connectivity index (χ3n) is 6.59. The third-order valence-corrected chi connectivity index (χ3v) is 7.82. The van der Waals surface area contributed by atoms with E-state index in [1.54, 1.807) is 0 Å². The first-order valence-corrected chi connectivity index (χ1v) is 14.3. The second-order valence-electron chi connectivity index (χ2n) is 9.44. The second kappa shape index (κ2) is 12.4. The summed E-state index contributed by atoms with van der Waals surface area (Å²) in [6, 6.07) is 27.5. The fraction of sp³-hybridized carbons (Fsp3) is 0.156. The smallest absolute Gasteiger partial charge is 0.341 e. The lowest BCUT2D eigenvalue weighted by molar-refractivity contribution is 0.0603. The lowest BCUT2D eigenvalue weighted by atomic mass is 10.0. The maximum Gasteiger partial charge on any atom is 0.341 e. The number of hydrogen-bond acceptors (Lipinski definition) is 6. The molecular formula is C32H30N4O3S2. The van der Waals surface area contributed by atoms with Crippen LogP contribution in [0.1, 0.15) is 32.2 Å². The van der Waals surface area contributed by atoms with Gasteiger partial charge >= 0.3 is 5.97 Å². The van der Waals surface area contributed by atoms with Crippen LogP contribution in [0.3, 0.4) is 0 Å². The number of carbonyl (C=O) groups is 1. The Kier molecular flexibility index (Phi) is 8.47. The average Bonchev–Trinajstić information content (AvgIpc) is 3.43. The van der Waals surface area contributed by atoms with E-state index in [0.717, 1.165) is 50.1 Å². The molecule has 0 aliphatic carbocycles. The molecule has 0 unspecified atom stereocenters. The summed E-state index contributed by atoms with van der Waals surface area (Å²) >= 11 is 7.15. The fourth-order valence-corrected chi connectivity index (χ4v) is 6.00. The molecule has 0 aliphatic rings. The summed E-state index contributed by atoms with van der Waals surface area (Å²) in [4.78, 5) is 13.8. The number of rotatable bonds is 8. The average molecular weight is 583 g/mol. The lowest BCUT2D eigenvalue weighted by Gasteiger charge is -2.12. The number of para-hydroxylation sites is 1. The Morgan fingerprint density at radius 1 is 0.927 bits per heavy atom. The topological polar surface area (TPSA) is 77.4 Å². The number of esters is 1. The molecule has 2 N–H and O–H groups in total. The Bertz CT molecular complexity index is 1700. The monoisotopic (exact) mass is 582 g/mol. The Hall–Kier alpha value is -4.47. The van der Waals surface area contributed by atoms with E-state index in [9.17, 15) is 4.79 Å². The number of ether oxygens (including phenoxy) is 2. The van der Waals surface area contributed by atoms with Gasteiger partial charge in [-0.05, 0) is 68.4 Å². The van der Waals surface area contributed by atoms with E-state index in [1.807, 2.05) is 110 Å². The van der Waals surface area contributed by atoms with Crippen LogP contribution in [0.5, 0.6) is 11.5 Å². The molecule has 0 atom stereocenters. The zero-order valence-electron chi connectivity index (χ0n) is 23.2. The zero-order chi connectivity index (χ0) is 28.9. The number of methoxy groups -OCH3 is 1. The maximum atomic E-state index is 12.9. The predicted molar refractivity (Wildman–Crippen MR) is 169 cm³/mol. The first kappa shape index (κ1) is 28.1. The highest BCUT2D eigenvalue weighted by molar-refractivity contribution is 7.80. The highest BCUT2D eigenvalue weighted by atomic mass is 32.1. The number of thiophene rings is 1. The van der Waals surface area contributed by atoms with Crippen molar-refractivity contribution >= 4 is 45.3 Å². The molecule has 0 saturated carbocycles. The van der Waals surface area contributed by atoms with Crippen molar-refractivity contribution in [2.45, 2.75) is 27.3 Å². The number of thiocarbonyl (C=S) groups is 1. The minimum Gasteiger partial charge on any atom is -0.465 e. The summed E-state index contributed by atoms with van der Waals surface area (Å²) in [7, 11) is 1.38. The van der Waals surface area contributed by atoms with E-state index in [1.165, 1.54) is 18.4 Å². The van der Waals surface area contributed by atoms with E-state index in [4.69, 9.17) is 26.8 Å². The van der Waals surface area contributed by atoms with Gasteiger partial charge in [0.25, 0.3) is 0 Å². The van der Waals surface area contributed by atoms with Gasteiger partial charge in [0.2, 0.25) is 0 Å². The first-order chi connectivity index (χ1) is 19.8. The van der Waals surface area contributed by atoms with Crippen molar-refractivity contribution in [1.82, 2.24) is 9.78 Å². The van der Waals surface area contributed by atoms with Gasteiger partial charge in [-0.3, -0.25) is 4.68 Å². The summed E-state index contributed by atoms with van der Waals surface area (Å²) in [6.07, 6.45) is 0. The predicted octanol–water partition coefficient (Wildman–Crippen LogP) is 7.97. The van der Waals surface area contributed by atoms with Gasteiger partial charge in [-0.2, -0.15) is 5.10 Å². The number of aryl methyl sites for hydroxylation is 2. The van der Waals surface area contributed by atoms with Crippen LogP contribution in [0.25, 0.3) is 11.1 Å². The normalized spacial score (nSPS) is 10.7. The summed E-state index contributed by atoms with van der Waals surface area (Å²) in [5.41, 5.74) is 5.86. The molecule has 208 valence electrons. The quantitative estimate of drug-likeness (QED) is 0.142. The molecule has 0 saturated heterocycles. The highest BCUT2D eigenvalue weighted by Crippen LogP contribution is 2.40. The Morgan fingerprint density at radius 3 is 2.32 bits per heavy atom. The second-order valence-corrected chi connectivity index (χ2v) is 11.1. The molecule has 5 aromatic rings. The van der Waals surface area contributed by atoms with Crippen LogP contribution in [-0.4, -0.2) is 28.0 Å². The van der Waals surface area contributed by atoms with Crippen LogP contribution in [-0.2, 0) is 11.3 Å². The van der Waals surface area contributed by atoms with E-state index < -0.39 is 5.97 Å². The zero-order valence-corrected chi connectivity index (χ0v) is 24.9. The number of aromatic nitrogens is 2. The minimum absolute atomic E-state index is 0.361. The molecule has 0 bridgehead atoms.